The topological polar surface area (TPSA) is 87.7 Å². The summed E-state index contributed by atoms with van der Waals surface area (Å²) >= 11 is 0. The highest BCUT2D eigenvalue weighted by Gasteiger charge is 2.59. The van der Waals surface area contributed by atoms with Crippen molar-refractivity contribution in [3.05, 3.63) is 78.4 Å². The first-order chi connectivity index (χ1) is 15.1. The number of para-hydroxylation sites is 1. The summed E-state index contributed by atoms with van der Waals surface area (Å²) in [5, 5.41) is 5.68. The van der Waals surface area contributed by atoms with Crippen LogP contribution in [0.15, 0.2) is 67.3 Å². The first kappa shape index (κ1) is 20.7. The average molecular weight is 419 g/mol. The van der Waals surface area contributed by atoms with Crippen LogP contribution in [0.5, 0.6) is 0 Å². The Bertz CT molecular complexity index is 1010. The Morgan fingerprint density at radius 1 is 1.13 bits per heavy atom. The first-order valence-corrected chi connectivity index (χ1v) is 10.4. The van der Waals surface area contributed by atoms with E-state index in [0.29, 0.717) is 5.69 Å². The maximum atomic E-state index is 13.3. The van der Waals surface area contributed by atoms with Gasteiger partial charge in [0.05, 0.1) is 18.6 Å². The van der Waals surface area contributed by atoms with E-state index in [4.69, 9.17) is 4.74 Å². The van der Waals surface area contributed by atoms with Crippen LogP contribution in [0.3, 0.4) is 0 Å². The summed E-state index contributed by atoms with van der Waals surface area (Å²) in [6.07, 6.45) is 1.57. The number of esters is 1. The number of hydrogen-bond acceptors (Lipinski definition) is 4. The highest BCUT2D eigenvalue weighted by atomic mass is 16.5. The van der Waals surface area contributed by atoms with Gasteiger partial charge in [0.15, 0.2) is 0 Å². The summed E-state index contributed by atoms with van der Waals surface area (Å²) in [6.45, 7) is 5.85. The molecule has 2 aliphatic heterocycles. The molecule has 1 saturated heterocycles. The highest BCUT2D eigenvalue weighted by Crippen LogP contribution is 2.53. The van der Waals surface area contributed by atoms with Crippen molar-refractivity contribution in [1.29, 1.82) is 0 Å². The molecule has 2 aliphatic rings. The van der Waals surface area contributed by atoms with Gasteiger partial charge in [0, 0.05) is 18.2 Å². The Morgan fingerprint density at radius 3 is 2.55 bits per heavy atom. The van der Waals surface area contributed by atoms with E-state index in [1.54, 1.807) is 13.0 Å². The smallest absolute Gasteiger partial charge is 0.318 e. The number of urea groups is 1. The van der Waals surface area contributed by atoms with E-state index < -0.39 is 35.9 Å². The van der Waals surface area contributed by atoms with Crippen LogP contribution in [0, 0.1) is 5.92 Å². The van der Waals surface area contributed by atoms with E-state index in [1.807, 2.05) is 54.6 Å². The number of anilines is 1. The molecule has 0 unspecified atom stereocenters. The summed E-state index contributed by atoms with van der Waals surface area (Å²) in [5.74, 6) is -1.99. The fourth-order valence-corrected chi connectivity index (χ4v) is 4.71. The lowest BCUT2D eigenvalue weighted by Crippen LogP contribution is -2.51. The first-order valence-electron chi connectivity index (χ1n) is 10.4. The van der Waals surface area contributed by atoms with Gasteiger partial charge in [-0.1, -0.05) is 54.6 Å². The third kappa shape index (κ3) is 3.56. The zero-order valence-corrected chi connectivity index (χ0v) is 17.3. The van der Waals surface area contributed by atoms with Crippen LogP contribution in [0.25, 0.3) is 0 Å². The maximum absolute atomic E-state index is 13.3. The summed E-state index contributed by atoms with van der Waals surface area (Å²) in [4.78, 5) is 41.2. The molecule has 2 N–H and O–H groups in total. The van der Waals surface area contributed by atoms with E-state index >= 15 is 0 Å². The van der Waals surface area contributed by atoms with Crippen molar-refractivity contribution in [2.75, 3.05) is 18.5 Å². The van der Waals surface area contributed by atoms with E-state index in [9.17, 15) is 14.4 Å². The minimum atomic E-state index is -0.848. The Morgan fingerprint density at radius 2 is 1.84 bits per heavy atom. The molecule has 0 saturated carbocycles. The predicted octanol–water partition coefficient (Wildman–Crippen LogP) is 3.22. The Hall–Kier alpha value is -3.61. The summed E-state index contributed by atoms with van der Waals surface area (Å²) in [5.41, 5.74) is 2.25. The highest BCUT2D eigenvalue weighted by molar-refractivity contribution is 6.03. The largest absolute Gasteiger partial charge is 0.466 e. The van der Waals surface area contributed by atoms with E-state index in [-0.39, 0.29) is 19.1 Å². The van der Waals surface area contributed by atoms with E-state index in [2.05, 4.69) is 17.2 Å². The van der Waals surface area contributed by atoms with Gasteiger partial charge >= 0.3 is 12.0 Å². The molecule has 0 spiro atoms. The second-order valence-electron chi connectivity index (χ2n) is 7.56. The fourth-order valence-electron chi connectivity index (χ4n) is 4.71. The number of nitrogens with one attached hydrogen (secondary N) is 2. The Kier molecular flexibility index (Phi) is 5.75. The number of nitrogens with zero attached hydrogens (tertiary/aromatic N) is 1. The van der Waals surface area contributed by atoms with Crippen LogP contribution in [-0.2, 0) is 14.3 Å². The van der Waals surface area contributed by atoms with Crippen LogP contribution < -0.4 is 10.6 Å². The second-order valence-corrected chi connectivity index (χ2v) is 7.56. The maximum Gasteiger partial charge on any atom is 0.318 e. The zero-order valence-electron chi connectivity index (χ0n) is 17.3. The third-order valence-corrected chi connectivity index (χ3v) is 5.84. The third-order valence-electron chi connectivity index (χ3n) is 5.84. The molecule has 4 rings (SSSR count). The van der Waals surface area contributed by atoms with Gasteiger partial charge in [-0.3, -0.25) is 9.59 Å². The second kappa shape index (κ2) is 8.63. The summed E-state index contributed by atoms with van der Waals surface area (Å²) < 4.78 is 5.44. The van der Waals surface area contributed by atoms with Crippen molar-refractivity contribution in [1.82, 2.24) is 10.2 Å². The van der Waals surface area contributed by atoms with Gasteiger partial charge in [0.1, 0.15) is 6.04 Å². The van der Waals surface area contributed by atoms with Gasteiger partial charge in [-0.2, -0.15) is 0 Å². The van der Waals surface area contributed by atoms with Gasteiger partial charge in [-0.25, -0.2) is 4.79 Å². The van der Waals surface area contributed by atoms with Gasteiger partial charge in [0.2, 0.25) is 5.91 Å². The van der Waals surface area contributed by atoms with Gasteiger partial charge in [-0.05, 0) is 24.1 Å². The lowest BCUT2D eigenvalue weighted by molar-refractivity contribution is -0.149. The standard InChI is InChI=1S/C24H25N3O4/c1-3-14-25-24(30)27-20(15-10-6-5-7-11-15)19(23(29)31-4-2)18-16-12-8-9-13-17(16)26-22(28)21(18)27/h3,5-13,18-21H,1,4,14H2,2H3,(H,25,30)(H,26,28)/t18-,19-,20-,21+/m1/s1. The van der Waals surface area contributed by atoms with Crippen LogP contribution >= 0.6 is 0 Å². The Labute approximate surface area is 181 Å². The zero-order chi connectivity index (χ0) is 22.0. The minimum Gasteiger partial charge on any atom is -0.466 e. The van der Waals surface area contributed by atoms with Crippen LogP contribution in [0.2, 0.25) is 0 Å². The van der Waals surface area contributed by atoms with Crippen molar-refractivity contribution >= 4 is 23.6 Å². The molecule has 2 heterocycles. The molecule has 0 bridgehead atoms. The van der Waals surface area contributed by atoms with E-state index in [1.165, 1.54) is 4.90 Å². The van der Waals surface area contributed by atoms with Crippen molar-refractivity contribution < 1.29 is 19.1 Å². The van der Waals surface area contributed by atoms with Gasteiger partial charge in [0.25, 0.3) is 0 Å². The molecule has 2 aromatic carbocycles. The number of amides is 3. The molecule has 2 aromatic rings. The quantitative estimate of drug-likeness (QED) is 0.575. The van der Waals surface area contributed by atoms with Gasteiger partial charge in [-0.15, -0.1) is 6.58 Å². The van der Waals surface area contributed by atoms with Crippen molar-refractivity contribution in [2.45, 2.75) is 24.9 Å². The number of likely N-dealkylation sites (tertiary alicyclic amines) is 1. The number of carbonyl (C=O) groups excluding carboxylic acids is 3. The molecule has 4 atom stereocenters. The molecule has 1 fully saturated rings. The SMILES string of the molecule is C=CCNC(=O)N1[C@@H]2C(=O)Nc3ccccc3[C@@H]2[C@@H](C(=O)OCC)[C@H]1c1ccccc1. The minimum absolute atomic E-state index is 0.213. The average Bonchev–Trinajstić information content (AvgIpc) is 3.15. The molecule has 0 aromatic heterocycles. The number of hydrogen-bond donors (Lipinski definition) is 2. The van der Waals surface area contributed by atoms with Crippen LogP contribution in [0.4, 0.5) is 10.5 Å². The molecule has 3 amide bonds. The molecule has 7 nitrogen and oxygen atoms in total. The predicted molar refractivity (Wildman–Crippen MR) is 116 cm³/mol. The van der Waals surface area contributed by atoms with Crippen LogP contribution in [-0.4, -0.2) is 42.0 Å². The molecule has 0 radical (unpaired) electrons. The molecular weight excluding hydrogens is 394 g/mol. The fraction of sp³-hybridized carbons (Fsp3) is 0.292. The lowest BCUT2D eigenvalue weighted by atomic mass is 9.77. The van der Waals surface area contributed by atoms with E-state index in [0.717, 1.165) is 11.1 Å². The number of fused-ring (bicyclic) bond motifs is 3. The number of rotatable bonds is 5. The van der Waals surface area contributed by atoms with Crippen LogP contribution in [0.1, 0.15) is 30.0 Å². The summed E-state index contributed by atoms with van der Waals surface area (Å²) in [6, 6.07) is 14.8. The molecule has 31 heavy (non-hydrogen) atoms. The molecule has 7 heteroatoms. The number of carbonyl (C=O) groups is 3. The lowest BCUT2D eigenvalue weighted by Gasteiger charge is -2.33. The Balaban J connectivity index is 1.91. The number of benzene rings is 2. The van der Waals surface area contributed by atoms with Crippen molar-refractivity contribution in [3.8, 4) is 0 Å². The van der Waals surface area contributed by atoms with Crippen molar-refractivity contribution in [2.24, 2.45) is 5.92 Å². The molecule has 0 aliphatic carbocycles. The molecule has 160 valence electrons. The number of ether oxygens (including phenoxy) is 1. The van der Waals surface area contributed by atoms with Crippen molar-refractivity contribution in [3.63, 3.8) is 0 Å². The van der Waals surface area contributed by atoms with Gasteiger partial charge < -0.3 is 20.3 Å². The summed E-state index contributed by atoms with van der Waals surface area (Å²) in [7, 11) is 0. The monoisotopic (exact) mass is 419 g/mol. The normalized spacial score (nSPS) is 23.9. The molecular formula is C24H25N3O4.